The van der Waals surface area contributed by atoms with E-state index < -0.39 is 5.97 Å². The molecule has 0 aliphatic carbocycles. The summed E-state index contributed by atoms with van der Waals surface area (Å²) in [6.45, 7) is 4.31. The van der Waals surface area contributed by atoms with Crippen molar-refractivity contribution in [2.75, 3.05) is 13.2 Å². The molecule has 0 bridgehead atoms. The second kappa shape index (κ2) is 15.3. The van der Waals surface area contributed by atoms with Crippen LogP contribution in [0.2, 0.25) is 5.02 Å². The van der Waals surface area contributed by atoms with Gasteiger partial charge < -0.3 is 9.84 Å². The fraction of sp³-hybridized carbons (Fsp3) is 0.242. The summed E-state index contributed by atoms with van der Waals surface area (Å²) in [5, 5.41) is 9.86. The third kappa shape index (κ3) is 9.14. The molecular formula is C33H35Cl2NO3. The Morgan fingerprint density at radius 2 is 1.49 bits per heavy atom. The lowest BCUT2D eigenvalue weighted by Crippen LogP contribution is -2.37. The normalized spacial score (nSPS) is 11.7. The average Bonchev–Trinajstić information content (AvgIpc) is 2.93. The van der Waals surface area contributed by atoms with E-state index in [9.17, 15) is 4.79 Å². The van der Waals surface area contributed by atoms with E-state index in [2.05, 4.69) is 78.6 Å². The van der Waals surface area contributed by atoms with E-state index in [-0.39, 0.29) is 30.8 Å². The quantitative estimate of drug-likeness (QED) is 0.180. The topological polar surface area (TPSA) is 49.8 Å². The largest absolute Gasteiger partial charge is 0.494 e. The standard InChI is InChI=1S/C33H34ClNO3.ClH/c1-25(19-20-38-30-17-10-11-26(21-30)22-33(36)37)35(23-29-16-8-9-18-32(29)34)24-31(27-12-4-2-5-13-27)28-14-6-3-7-15-28;/h2-18,21,25,31H,19-20,22-24H2,1H3,(H,36,37);1H/t25-;/m1./s1. The Balaban J connectivity index is 0.00000420. The first kappa shape index (κ1) is 30.2. The van der Waals surface area contributed by atoms with Gasteiger partial charge >= 0.3 is 5.97 Å². The van der Waals surface area contributed by atoms with Crippen LogP contribution in [0.5, 0.6) is 5.75 Å². The minimum atomic E-state index is -0.850. The highest BCUT2D eigenvalue weighted by molar-refractivity contribution is 6.31. The molecule has 0 aliphatic heterocycles. The van der Waals surface area contributed by atoms with Crippen molar-refractivity contribution in [3.8, 4) is 5.75 Å². The van der Waals surface area contributed by atoms with E-state index >= 15 is 0 Å². The van der Waals surface area contributed by atoms with E-state index in [0.717, 1.165) is 35.7 Å². The first-order valence-corrected chi connectivity index (χ1v) is 13.4. The maximum absolute atomic E-state index is 11.1. The molecule has 4 aromatic rings. The number of benzene rings is 4. The van der Waals surface area contributed by atoms with Crippen molar-refractivity contribution in [2.45, 2.75) is 38.3 Å². The van der Waals surface area contributed by atoms with E-state index in [1.807, 2.05) is 36.4 Å². The fourth-order valence-corrected chi connectivity index (χ4v) is 4.90. The molecule has 204 valence electrons. The Labute approximate surface area is 242 Å². The molecule has 0 aromatic heterocycles. The molecule has 0 aliphatic rings. The molecule has 0 saturated carbocycles. The van der Waals surface area contributed by atoms with Crippen molar-refractivity contribution in [2.24, 2.45) is 0 Å². The number of aliphatic carboxylic acids is 1. The van der Waals surface area contributed by atoms with Gasteiger partial charge in [-0.1, -0.05) is 103 Å². The maximum Gasteiger partial charge on any atom is 0.307 e. The molecule has 4 rings (SSSR count). The predicted octanol–water partition coefficient (Wildman–Crippen LogP) is 7.88. The summed E-state index contributed by atoms with van der Waals surface area (Å²) in [6.07, 6.45) is 0.795. The van der Waals surface area contributed by atoms with Crippen LogP contribution < -0.4 is 4.74 Å². The number of hydrogen-bond donors (Lipinski definition) is 1. The first-order chi connectivity index (χ1) is 18.5. The molecule has 0 fully saturated rings. The van der Waals surface area contributed by atoms with Gasteiger partial charge in [-0.3, -0.25) is 9.69 Å². The summed E-state index contributed by atoms with van der Waals surface area (Å²) in [7, 11) is 0. The molecule has 4 nitrogen and oxygen atoms in total. The number of ether oxygens (including phenoxy) is 1. The summed E-state index contributed by atoms with van der Waals surface area (Å²) >= 11 is 6.59. The van der Waals surface area contributed by atoms with Gasteiger partial charge in [0.25, 0.3) is 0 Å². The van der Waals surface area contributed by atoms with Gasteiger partial charge in [-0.25, -0.2) is 0 Å². The molecule has 4 aromatic carbocycles. The third-order valence-corrected chi connectivity index (χ3v) is 7.20. The van der Waals surface area contributed by atoms with Gasteiger partial charge in [0.1, 0.15) is 5.75 Å². The van der Waals surface area contributed by atoms with Gasteiger partial charge in [0.2, 0.25) is 0 Å². The van der Waals surface area contributed by atoms with E-state index in [4.69, 9.17) is 21.4 Å². The Bertz CT molecular complexity index is 1260. The molecular weight excluding hydrogens is 529 g/mol. The van der Waals surface area contributed by atoms with Crippen molar-refractivity contribution >= 4 is 30.0 Å². The molecule has 0 amide bonds. The second-order valence-corrected chi connectivity index (χ2v) is 10.0. The summed E-state index contributed by atoms with van der Waals surface area (Å²) < 4.78 is 6.05. The number of carboxylic acids is 1. The van der Waals surface area contributed by atoms with Crippen LogP contribution in [0.3, 0.4) is 0 Å². The van der Waals surface area contributed by atoms with Crippen molar-refractivity contribution < 1.29 is 14.6 Å². The minimum absolute atomic E-state index is 0. The van der Waals surface area contributed by atoms with Crippen LogP contribution in [0.1, 0.15) is 41.5 Å². The van der Waals surface area contributed by atoms with Crippen molar-refractivity contribution in [3.05, 3.63) is 136 Å². The van der Waals surface area contributed by atoms with Crippen molar-refractivity contribution in [3.63, 3.8) is 0 Å². The van der Waals surface area contributed by atoms with Gasteiger partial charge in [-0.05, 0) is 53.8 Å². The highest BCUT2D eigenvalue weighted by Crippen LogP contribution is 2.29. The Kier molecular flexibility index (Phi) is 11.9. The number of carbonyl (C=O) groups is 1. The second-order valence-electron chi connectivity index (χ2n) is 9.60. The van der Waals surface area contributed by atoms with E-state index in [1.165, 1.54) is 11.1 Å². The first-order valence-electron chi connectivity index (χ1n) is 13.0. The molecule has 0 heterocycles. The molecule has 1 atom stereocenters. The summed E-state index contributed by atoms with van der Waals surface area (Å²) in [6, 6.07) is 36.8. The zero-order chi connectivity index (χ0) is 26.7. The number of carboxylic acid groups (broad SMARTS) is 1. The van der Waals surface area contributed by atoms with Crippen LogP contribution in [0.25, 0.3) is 0 Å². The molecule has 0 saturated heterocycles. The number of rotatable bonds is 13. The molecule has 0 radical (unpaired) electrons. The van der Waals surface area contributed by atoms with Gasteiger partial charge in [0, 0.05) is 30.1 Å². The predicted molar refractivity (Wildman–Crippen MR) is 161 cm³/mol. The van der Waals surface area contributed by atoms with Crippen LogP contribution in [-0.4, -0.2) is 35.2 Å². The Morgan fingerprint density at radius 3 is 2.10 bits per heavy atom. The van der Waals surface area contributed by atoms with Gasteiger partial charge in [-0.15, -0.1) is 12.4 Å². The van der Waals surface area contributed by atoms with Crippen molar-refractivity contribution in [1.29, 1.82) is 0 Å². The summed E-state index contributed by atoms with van der Waals surface area (Å²) in [5.41, 5.74) is 4.39. The molecule has 6 heteroatoms. The lowest BCUT2D eigenvalue weighted by Gasteiger charge is -2.33. The molecule has 39 heavy (non-hydrogen) atoms. The highest BCUT2D eigenvalue weighted by Gasteiger charge is 2.23. The number of nitrogens with zero attached hydrogens (tertiary/aromatic N) is 1. The van der Waals surface area contributed by atoms with Crippen LogP contribution in [0, 0.1) is 0 Å². The lowest BCUT2D eigenvalue weighted by molar-refractivity contribution is -0.136. The van der Waals surface area contributed by atoms with Crippen LogP contribution in [-0.2, 0) is 17.8 Å². The zero-order valence-electron chi connectivity index (χ0n) is 22.1. The van der Waals surface area contributed by atoms with Crippen molar-refractivity contribution in [1.82, 2.24) is 4.90 Å². The molecule has 0 unspecified atom stereocenters. The third-order valence-electron chi connectivity index (χ3n) is 6.83. The van der Waals surface area contributed by atoms with Crippen LogP contribution >= 0.6 is 24.0 Å². The summed E-state index contributed by atoms with van der Waals surface area (Å²) in [5.74, 6) is 0.0494. The Morgan fingerprint density at radius 1 is 0.872 bits per heavy atom. The lowest BCUT2D eigenvalue weighted by atomic mass is 9.90. The summed E-state index contributed by atoms with van der Waals surface area (Å²) in [4.78, 5) is 13.6. The fourth-order valence-electron chi connectivity index (χ4n) is 4.70. The maximum atomic E-state index is 11.1. The minimum Gasteiger partial charge on any atom is -0.494 e. The van der Waals surface area contributed by atoms with Crippen LogP contribution in [0.15, 0.2) is 109 Å². The Hall–Kier alpha value is -3.31. The smallest absolute Gasteiger partial charge is 0.307 e. The molecule has 1 N–H and O–H groups in total. The average molecular weight is 565 g/mol. The number of hydrogen-bond acceptors (Lipinski definition) is 3. The monoisotopic (exact) mass is 563 g/mol. The number of halogens is 2. The zero-order valence-corrected chi connectivity index (χ0v) is 23.7. The molecule has 0 spiro atoms. The SMILES string of the molecule is C[C@H](CCOc1cccc(CC(=O)O)c1)N(Cc1ccccc1Cl)CC(c1ccccc1)c1ccccc1.Cl. The highest BCUT2D eigenvalue weighted by atomic mass is 35.5. The van der Waals surface area contributed by atoms with Gasteiger partial charge in [0.15, 0.2) is 0 Å². The van der Waals surface area contributed by atoms with E-state index in [1.54, 1.807) is 6.07 Å². The van der Waals surface area contributed by atoms with Gasteiger partial charge in [0.05, 0.1) is 13.0 Å². The van der Waals surface area contributed by atoms with Gasteiger partial charge in [-0.2, -0.15) is 0 Å². The van der Waals surface area contributed by atoms with Crippen LogP contribution in [0.4, 0.5) is 0 Å². The van der Waals surface area contributed by atoms with E-state index in [0.29, 0.717) is 12.4 Å².